The molecule has 2 fully saturated rings. The van der Waals surface area contributed by atoms with Crippen LogP contribution in [0.25, 0.3) is 11.1 Å². The molecule has 2 aromatic heterocycles. The minimum Gasteiger partial charge on any atom is -0.375 e. The van der Waals surface area contributed by atoms with Crippen molar-refractivity contribution in [3.63, 3.8) is 0 Å². The molecule has 264 valence electrons. The van der Waals surface area contributed by atoms with Gasteiger partial charge in [-0.15, -0.1) is 0 Å². The maximum Gasteiger partial charge on any atom is 0.248 e. The van der Waals surface area contributed by atoms with Crippen LogP contribution in [0.2, 0.25) is 0 Å². The number of amides is 2. The number of carbonyl (C=O) groups excluding carboxylic acids is 3. The van der Waals surface area contributed by atoms with Gasteiger partial charge in [-0.1, -0.05) is 31.7 Å². The number of fused-ring (bicyclic) bond motifs is 2. The van der Waals surface area contributed by atoms with E-state index in [2.05, 4.69) is 53.5 Å². The summed E-state index contributed by atoms with van der Waals surface area (Å²) in [7, 11) is 2.07. The van der Waals surface area contributed by atoms with Crippen LogP contribution in [-0.2, 0) is 27.6 Å². The van der Waals surface area contributed by atoms with E-state index in [1.165, 1.54) is 6.92 Å². The lowest BCUT2D eigenvalue weighted by molar-refractivity contribution is -0.136. The first kappa shape index (κ1) is 35.7. The number of alkyl halides is 1. The molecule has 2 bridgehead atoms. The summed E-state index contributed by atoms with van der Waals surface area (Å²) in [5.74, 6) is -0.0207. The SMILES string of the molecule is CC(=O)C(=N)c1cc(-c2cnc(C)nc2)cc(CF)c1NCC(=O)N1[C@H]2C[C@@]3(CCCCCCCN(C)Cc4ccc(Br)nc4NC2=O)C[C@@H]13. The lowest BCUT2D eigenvalue weighted by Gasteiger charge is -2.28. The Balaban J connectivity index is 1.28. The summed E-state index contributed by atoms with van der Waals surface area (Å²) in [5.41, 5.74) is 2.23. The molecular weight excluding hydrogens is 703 g/mol. The second kappa shape index (κ2) is 15.0. The third kappa shape index (κ3) is 7.63. The molecule has 1 spiro atoms. The normalized spacial score (nSPS) is 22.7. The number of benzene rings is 1. The number of carbonyl (C=O) groups is 3. The monoisotopic (exact) mass is 746 g/mol. The topological polar surface area (TPSA) is 144 Å². The van der Waals surface area contributed by atoms with Crippen LogP contribution in [0.15, 0.2) is 41.3 Å². The van der Waals surface area contributed by atoms with E-state index >= 15 is 0 Å². The van der Waals surface area contributed by atoms with E-state index in [4.69, 9.17) is 5.41 Å². The fourth-order valence-electron chi connectivity index (χ4n) is 7.60. The average Bonchev–Trinajstić information content (AvgIpc) is 3.69. The van der Waals surface area contributed by atoms with Gasteiger partial charge < -0.3 is 20.4 Å². The Labute approximate surface area is 300 Å². The number of rotatable bonds is 7. The predicted molar refractivity (Wildman–Crippen MR) is 194 cm³/mol. The van der Waals surface area contributed by atoms with Crippen LogP contribution in [-0.4, -0.2) is 80.3 Å². The zero-order valence-electron chi connectivity index (χ0n) is 28.8. The van der Waals surface area contributed by atoms with Gasteiger partial charge in [0.05, 0.1) is 12.2 Å². The van der Waals surface area contributed by atoms with E-state index in [1.54, 1.807) is 36.4 Å². The number of hydrogen-bond donors (Lipinski definition) is 3. The quantitative estimate of drug-likeness (QED) is 0.191. The van der Waals surface area contributed by atoms with E-state index in [9.17, 15) is 18.8 Å². The standard InChI is InChI=1S/C37H44BrFN8O3/c1-22(48)33(40)28-14-25(27-18-41-23(2)42-19-27)13-26(17-39)34(28)43-20-32(49)47-29-15-37(16-30(37)47)11-7-5-4-6-8-12-46(3)21-24-9-10-31(38)44-35(24)45-36(29)50/h9-10,13-14,18-19,29-30,40,43H,4-8,11-12,15-17,20-21H2,1-3H3,(H,44,45,50)/t29-,30+,37-/m0/s1. The third-order valence-electron chi connectivity index (χ3n) is 10.4. The number of hydrogen-bond acceptors (Lipinski definition) is 9. The summed E-state index contributed by atoms with van der Waals surface area (Å²) >= 11 is 3.45. The summed E-state index contributed by atoms with van der Waals surface area (Å²) in [4.78, 5) is 57.7. The fraction of sp³-hybridized carbons (Fsp3) is 0.486. The van der Waals surface area contributed by atoms with Gasteiger partial charge in [0, 0.05) is 54.2 Å². The first-order valence-electron chi connectivity index (χ1n) is 17.3. The van der Waals surface area contributed by atoms with E-state index in [1.807, 2.05) is 12.1 Å². The van der Waals surface area contributed by atoms with Crippen molar-refractivity contribution in [3.8, 4) is 11.1 Å². The van der Waals surface area contributed by atoms with Crippen molar-refractivity contribution in [2.75, 3.05) is 30.8 Å². The molecule has 2 amide bonds. The molecule has 0 radical (unpaired) electrons. The van der Waals surface area contributed by atoms with Gasteiger partial charge in [-0.3, -0.25) is 19.8 Å². The van der Waals surface area contributed by atoms with Gasteiger partial charge >= 0.3 is 0 Å². The molecule has 3 atom stereocenters. The van der Waals surface area contributed by atoms with Crippen LogP contribution in [0.5, 0.6) is 0 Å². The lowest BCUT2D eigenvalue weighted by Crippen LogP contribution is -2.47. The van der Waals surface area contributed by atoms with Gasteiger partial charge in [0.1, 0.15) is 34.7 Å². The molecular formula is C37H44BrFN8O3. The highest BCUT2D eigenvalue weighted by molar-refractivity contribution is 9.10. The maximum absolute atomic E-state index is 14.6. The number of Topliss-reactive ketones (excluding diaryl/α,β-unsaturated/α-hetero) is 1. The first-order valence-corrected chi connectivity index (χ1v) is 18.1. The molecule has 6 rings (SSSR count). The smallest absolute Gasteiger partial charge is 0.248 e. The van der Waals surface area contributed by atoms with Crippen LogP contribution < -0.4 is 10.6 Å². The van der Waals surface area contributed by atoms with Crippen LogP contribution in [0.1, 0.15) is 80.8 Å². The second-order valence-electron chi connectivity index (χ2n) is 14.0. The van der Waals surface area contributed by atoms with E-state index in [0.717, 1.165) is 57.1 Å². The molecule has 11 nitrogen and oxygen atoms in total. The Bertz CT molecular complexity index is 1800. The van der Waals surface area contributed by atoms with Crippen molar-refractivity contribution < 1.29 is 18.8 Å². The number of nitrogens with zero attached hydrogens (tertiary/aromatic N) is 5. The number of aryl methyl sites for hydroxylation is 1. The predicted octanol–water partition coefficient (Wildman–Crippen LogP) is 6.23. The van der Waals surface area contributed by atoms with E-state index < -0.39 is 18.5 Å². The number of nitrogens with one attached hydrogen (secondary N) is 3. The highest BCUT2D eigenvalue weighted by atomic mass is 79.9. The summed E-state index contributed by atoms with van der Waals surface area (Å²) in [6.45, 7) is 3.49. The minimum atomic E-state index is -0.896. The molecule has 1 aliphatic carbocycles. The Morgan fingerprint density at radius 3 is 2.58 bits per heavy atom. The van der Waals surface area contributed by atoms with Crippen LogP contribution in [0.4, 0.5) is 15.9 Å². The van der Waals surface area contributed by atoms with Gasteiger partial charge in [-0.05, 0) is 91.3 Å². The molecule has 1 saturated carbocycles. The summed E-state index contributed by atoms with van der Waals surface area (Å²) in [5, 5.41) is 14.7. The number of ketones is 1. The number of anilines is 2. The summed E-state index contributed by atoms with van der Waals surface area (Å²) in [6, 6.07) is 6.31. The average molecular weight is 748 g/mol. The molecule has 3 aromatic rings. The van der Waals surface area contributed by atoms with E-state index in [-0.39, 0.29) is 52.3 Å². The molecule has 1 aromatic carbocycles. The number of likely N-dealkylation sites (tertiary alicyclic amines) is 1. The largest absolute Gasteiger partial charge is 0.375 e. The van der Waals surface area contributed by atoms with Crippen molar-refractivity contribution >= 4 is 50.7 Å². The Kier molecular flexibility index (Phi) is 10.7. The van der Waals surface area contributed by atoms with Crippen molar-refractivity contribution in [1.82, 2.24) is 24.8 Å². The van der Waals surface area contributed by atoms with Crippen molar-refractivity contribution in [1.29, 1.82) is 5.41 Å². The molecule has 13 heteroatoms. The number of pyridine rings is 1. The second-order valence-corrected chi connectivity index (χ2v) is 14.8. The van der Waals surface area contributed by atoms with Crippen molar-refractivity contribution in [3.05, 3.63) is 63.8 Å². The van der Waals surface area contributed by atoms with Gasteiger partial charge in [-0.2, -0.15) is 0 Å². The zero-order valence-corrected chi connectivity index (χ0v) is 30.4. The summed E-state index contributed by atoms with van der Waals surface area (Å²) < 4.78 is 15.2. The maximum atomic E-state index is 14.6. The minimum absolute atomic E-state index is 0.0659. The molecule has 3 N–H and O–H groups in total. The first-order chi connectivity index (χ1) is 24.0. The zero-order chi connectivity index (χ0) is 35.6. The van der Waals surface area contributed by atoms with Crippen LogP contribution in [0, 0.1) is 17.7 Å². The lowest BCUT2D eigenvalue weighted by atomic mass is 9.92. The van der Waals surface area contributed by atoms with Gasteiger partial charge in [0.2, 0.25) is 11.8 Å². The van der Waals surface area contributed by atoms with Crippen LogP contribution >= 0.6 is 15.9 Å². The van der Waals surface area contributed by atoms with Gasteiger partial charge in [0.25, 0.3) is 0 Å². The number of halogens is 2. The van der Waals surface area contributed by atoms with Crippen molar-refractivity contribution in [2.45, 2.75) is 90.5 Å². The molecule has 0 unspecified atom stereocenters. The number of piperidine rings is 1. The van der Waals surface area contributed by atoms with Crippen molar-refractivity contribution in [2.24, 2.45) is 5.41 Å². The molecule has 1 saturated heterocycles. The number of aromatic nitrogens is 3. The highest BCUT2D eigenvalue weighted by Crippen LogP contribution is 2.62. The summed E-state index contributed by atoms with van der Waals surface area (Å²) in [6.07, 6.45) is 11.2. The highest BCUT2D eigenvalue weighted by Gasteiger charge is 2.66. The molecule has 3 aliphatic rings. The molecule has 50 heavy (non-hydrogen) atoms. The Morgan fingerprint density at radius 2 is 1.84 bits per heavy atom. The van der Waals surface area contributed by atoms with Gasteiger partial charge in [-0.25, -0.2) is 19.3 Å². The van der Waals surface area contributed by atoms with Crippen LogP contribution in [0.3, 0.4) is 0 Å². The molecule has 4 heterocycles. The van der Waals surface area contributed by atoms with E-state index in [0.29, 0.717) is 40.3 Å². The van der Waals surface area contributed by atoms with Gasteiger partial charge in [0.15, 0.2) is 5.78 Å². The fourth-order valence-corrected chi connectivity index (χ4v) is 7.91. The third-order valence-corrected chi connectivity index (χ3v) is 10.8. The Hall–Kier alpha value is -4.10. The Morgan fingerprint density at radius 1 is 1.10 bits per heavy atom. The molecule has 2 aliphatic heterocycles.